The van der Waals surface area contributed by atoms with Crippen molar-refractivity contribution in [3.8, 4) is 0 Å². The number of rotatable bonds is 3. The number of ketones is 1. The summed E-state index contributed by atoms with van der Waals surface area (Å²) in [4.78, 5) is 21.7. The van der Waals surface area contributed by atoms with E-state index in [9.17, 15) is 9.59 Å². The second-order valence-corrected chi connectivity index (χ2v) is 3.21. The molecule has 0 amide bonds. The molecule has 0 aromatic heterocycles. The molecule has 1 rings (SSSR count). The summed E-state index contributed by atoms with van der Waals surface area (Å²) in [6, 6.07) is 8.75. The minimum absolute atomic E-state index is 0.0794. The summed E-state index contributed by atoms with van der Waals surface area (Å²) in [6.45, 7) is 0. The normalized spacial score (nSPS) is 9.42. The van der Waals surface area contributed by atoms with Crippen molar-refractivity contribution in [1.29, 1.82) is 0 Å². The molecule has 2 nitrogen and oxygen atoms in total. The zero-order chi connectivity index (χ0) is 8.97. The van der Waals surface area contributed by atoms with E-state index in [2.05, 4.69) is 15.9 Å². The Morgan fingerprint density at radius 3 is 2.25 bits per heavy atom. The first-order chi connectivity index (χ1) is 5.70. The van der Waals surface area contributed by atoms with Crippen LogP contribution in [-0.4, -0.2) is 10.5 Å². The summed E-state index contributed by atoms with van der Waals surface area (Å²) in [7, 11) is 0. The van der Waals surface area contributed by atoms with Gasteiger partial charge in [-0.05, 0) is 15.9 Å². The first kappa shape index (κ1) is 9.13. The molecule has 0 heterocycles. The smallest absolute Gasteiger partial charge is 0.205 e. The number of hydrogen-bond acceptors (Lipinski definition) is 2. The van der Waals surface area contributed by atoms with Gasteiger partial charge in [-0.1, -0.05) is 30.3 Å². The van der Waals surface area contributed by atoms with Crippen LogP contribution in [0.3, 0.4) is 0 Å². The number of benzene rings is 1. The Labute approximate surface area is 78.7 Å². The molecule has 12 heavy (non-hydrogen) atoms. The number of carbonyl (C=O) groups excluding carboxylic acids is 2. The SMILES string of the molecule is O=C(Br)CC(=O)c1ccccc1. The molecule has 0 aliphatic carbocycles. The van der Waals surface area contributed by atoms with E-state index in [0.29, 0.717) is 5.56 Å². The summed E-state index contributed by atoms with van der Waals surface area (Å²) in [6.07, 6.45) is -0.0794. The van der Waals surface area contributed by atoms with E-state index in [0.717, 1.165) is 0 Å². The summed E-state index contributed by atoms with van der Waals surface area (Å²) >= 11 is 2.71. The van der Waals surface area contributed by atoms with Gasteiger partial charge >= 0.3 is 0 Å². The highest BCUT2D eigenvalue weighted by atomic mass is 79.9. The predicted octanol–water partition coefficient (Wildman–Crippen LogP) is 2.18. The molecule has 0 saturated heterocycles. The monoisotopic (exact) mass is 226 g/mol. The number of carbonyl (C=O) groups is 2. The predicted molar refractivity (Wildman–Crippen MR) is 49.3 cm³/mol. The molecule has 0 bridgehead atoms. The molecule has 0 fully saturated rings. The average Bonchev–Trinajstić information content (AvgIpc) is 2.05. The molecule has 0 radical (unpaired) electrons. The quantitative estimate of drug-likeness (QED) is 0.450. The second kappa shape index (κ2) is 4.16. The maximum atomic E-state index is 11.2. The van der Waals surface area contributed by atoms with Crippen LogP contribution in [0.15, 0.2) is 30.3 Å². The lowest BCUT2D eigenvalue weighted by Crippen LogP contribution is -2.02. The maximum Gasteiger partial charge on any atom is 0.205 e. The Kier molecular flexibility index (Phi) is 3.17. The zero-order valence-electron chi connectivity index (χ0n) is 6.29. The van der Waals surface area contributed by atoms with Crippen LogP contribution in [0.2, 0.25) is 0 Å². The molecule has 3 heteroatoms. The molecule has 1 aromatic rings. The topological polar surface area (TPSA) is 34.1 Å². The van der Waals surface area contributed by atoms with Crippen LogP contribution in [-0.2, 0) is 4.79 Å². The third-order valence-corrected chi connectivity index (χ3v) is 1.68. The minimum atomic E-state index is -0.281. The van der Waals surface area contributed by atoms with E-state index in [-0.39, 0.29) is 16.9 Å². The standard InChI is InChI=1S/C9H7BrO2/c10-9(12)6-8(11)7-4-2-1-3-5-7/h1-5H,6H2. The number of Topliss-reactive ketones (excluding diaryl/α,β-unsaturated/α-hetero) is 1. The summed E-state index contributed by atoms with van der Waals surface area (Å²) < 4.78 is -0.281. The lowest BCUT2D eigenvalue weighted by atomic mass is 10.1. The Balaban J connectivity index is 2.73. The van der Waals surface area contributed by atoms with Crippen molar-refractivity contribution < 1.29 is 9.59 Å². The van der Waals surface area contributed by atoms with Gasteiger partial charge in [0.1, 0.15) is 0 Å². The number of hydrogen-bond donors (Lipinski definition) is 0. The van der Waals surface area contributed by atoms with Crippen molar-refractivity contribution in [2.24, 2.45) is 0 Å². The van der Waals surface area contributed by atoms with Gasteiger partial charge in [-0.2, -0.15) is 0 Å². The van der Waals surface area contributed by atoms with Gasteiger partial charge in [0, 0.05) is 5.56 Å². The summed E-state index contributed by atoms with van der Waals surface area (Å²) in [5.41, 5.74) is 0.574. The summed E-state index contributed by atoms with van der Waals surface area (Å²) in [5.74, 6) is -0.155. The van der Waals surface area contributed by atoms with Crippen LogP contribution in [0.25, 0.3) is 0 Å². The molecule has 0 N–H and O–H groups in total. The van der Waals surface area contributed by atoms with Crippen LogP contribution in [0, 0.1) is 0 Å². The Bertz CT molecular complexity index is 293. The Hall–Kier alpha value is -0.960. The van der Waals surface area contributed by atoms with Crippen LogP contribution in [0.5, 0.6) is 0 Å². The highest BCUT2D eigenvalue weighted by Crippen LogP contribution is 2.04. The van der Waals surface area contributed by atoms with Crippen LogP contribution in [0.4, 0.5) is 0 Å². The first-order valence-corrected chi connectivity index (χ1v) is 4.26. The minimum Gasteiger partial charge on any atom is -0.294 e. The highest BCUT2D eigenvalue weighted by Gasteiger charge is 2.07. The Morgan fingerprint density at radius 1 is 1.17 bits per heavy atom. The molecular formula is C9H7BrO2. The molecular weight excluding hydrogens is 220 g/mol. The van der Waals surface area contributed by atoms with Crippen molar-refractivity contribution in [2.45, 2.75) is 6.42 Å². The van der Waals surface area contributed by atoms with E-state index >= 15 is 0 Å². The third-order valence-electron chi connectivity index (χ3n) is 1.40. The third kappa shape index (κ3) is 2.58. The van der Waals surface area contributed by atoms with Crippen molar-refractivity contribution >= 4 is 26.4 Å². The molecule has 62 valence electrons. The number of halogens is 1. The molecule has 0 atom stereocenters. The fraction of sp³-hybridized carbons (Fsp3) is 0.111. The molecule has 0 spiro atoms. The van der Waals surface area contributed by atoms with E-state index < -0.39 is 0 Å². The van der Waals surface area contributed by atoms with Crippen molar-refractivity contribution in [3.63, 3.8) is 0 Å². The van der Waals surface area contributed by atoms with Gasteiger partial charge in [0.2, 0.25) is 4.69 Å². The largest absolute Gasteiger partial charge is 0.294 e. The molecule has 0 unspecified atom stereocenters. The van der Waals surface area contributed by atoms with Crippen molar-refractivity contribution in [1.82, 2.24) is 0 Å². The summed E-state index contributed by atoms with van der Waals surface area (Å²) in [5, 5.41) is 0. The fourth-order valence-corrected chi connectivity index (χ4v) is 1.11. The fourth-order valence-electron chi connectivity index (χ4n) is 0.852. The van der Waals surface area contributed by atoms with E-state index in [1.807, 2.05) is 6.07 Å². The van der Waals surface area contributed by atoms with Crippen molar-refractivity contribution in [3.05, 3.63) is 35.9 Å². The van der Waals surface area contributed by atoms with Crippen LogP contribution >= 0.6 is 15.9 Å². The lowest BCUT2D eigenvalue weighted by Gasteiger charge is -1.95. The van der Waals surface area contributed by atoms with Crippen LogP contribution < -0.4 is 0 Å². The van der Waals surface area contributed by atoms with Crippen molar-refractivity contribution in [2.75, 3.05) is 0 Å². The zero-order valence-corrected chi connectivity index (χ0v) is 7.87. The van der Waals surface area contributed by atoms with E-state index in [1.165, 1.54) is 0 Å². The molecule has 1 aromatic carbocycles. The highest BCUT2D eigenvalue weighted by molar-refractivity contribution is 9.18. The van der Waals surface area contributed by atoms with Gasteiger partial charge in [-0.3, -0.25) is 9.59 Å². The van der Waals surface area contributed by atoms with E-state index in [1.54, 1.807) is 24.3 Å². The first-order valence-electron chi connectivity index (χ1n) is 3.47. The van der Waals surface area contributed by atoms with Gasteiger partial charge in [0.15, 0.2) is 5.78 Å². The van der Waals surface area contributed by atoms with Gasteiger partial charge in [0.05, 0.1) is 6.42 Å². The lowest BCUT2D eigenvalue weighted by molar-refractivity contribution is -0.109. The van der Waals surface area contributed by atoms with Gasteiger partial charge < -0.3 is 0 Å². The molecule has 0 aliphatic rings. The molecule has 0 aliphatic heterocycles. The van der Waals surface area contributed by atoms with Gasteiger partial charge in [0.25, 0.3) is 0 Å². The molecule has 0 saturated carbocycles. The maximum absolute atomic E-state index is 11.2. The Morgan fingerprint density at radius 2 is 1.75 bits per heavy atom. The van der Waals surface area contributed by atoms with Gasteiger partial charge in [-0.25, -0.2) is 0 Å². The van der Waals surface area contributed by atoms with Crippen LogP contribution in [0.1, 0.15) is 16.8 Å². The van der Waals surface area contributed by atoms with Gasteiger partial charge in [-0.15, -0.1) is 0 Å². The second-order valence-electron chi connectivity index (χ2n) is 2.32. The van der Waals surface area contributed by atoms with E-state index in [4.69, 9.17) is 0 Å². The average molecular weight is 227 g/mol.